The standard InChI is InChI=1S/C19H23ClN2O4S2/c1-2-3-14-26-16-6-4-15(5-7-16)19(23)21-10-12-22(13-11-21)28(24,25)18-9-8-17(20)27-18/h4-9H,2-3,10-14H2,1H3. The number of piperazine rings is 1. The number of halogens is 1. The number of rotatable bonds is 7. The summed E-state index contributed by atoms with van der Waals surface area (Å²) in [6, 6.07) is 10.2. The molecule has 1 saturated heterocycles. The third-order valence-electron chi connectivity index (χ3n) is 4.54. The van der Waals surface area contributed by atoms with Crippen LogP contribution >= 0.6 is 22.9 Å². The average Bonchev–Trinajstić information content (AvgIpc) is 3.15. The van der Waals surface area contributed by atoms with Crippen molar-refractivity contribution in [3.05, 3.63) is 46.3 Å². The molecule has 3 rings (SSSR count). The number of hydrogen-bond acceptors (Lipinski definition) is 5. The summed E-state index contributed by atoms with van der Waals surface area (Å²) in [5.41, 5.74) is 0.573. The normalized spacial score (nSPS) is 15.6. The molecule has 0 unspecified atom stereocenters. The van der Waals surface area contributed by atoms with Crippen molar-refractivity contribution >= 4 is 38.9 Å². The Morgan fingerprint density at radius 3 is 2.36 bits per heavy atom. The summed E-state index contributed by atoms with van der Waals surface area (Å²) in [6.45, 7) is 4.00. The Balaban J connectivity index is 1.58. The highest BCUT2D eigenvalue weighted by atomic mass is 35.5. The first-order chi connectivity index (χ1) is 13.4. The number of hydrogen-bond donors (Lipinski definition) is 0. The number of benzene rings is 1. The Labute approximate surface area is 174 Å². The highest BCUT2D eigenvalue weighted by Crippen LogP contribution is 2.28. The minimum Gasteiger partial charge on any atom is -0.494 e. The zero-order valence-electron chi connectivity index (χ0n) is 15.6. The number of ether oxygens (including phenoxy) is 1. The van der Waals surface area contributed by atoms with Crippen LogP contribution in [0.15, 0.2) is 40.6 Å². The van der Waals surface area contributed by atoms with E-state index in [0.29, 0.717) is 29.6 Å². The Kier molecular flexibility index (Phi) is 6.98. The number of nitrogens with zero attached hydrogens (tertiary/aromatic N) is 2. The fraction of sp³-hybridized carbons (Fsp3) is 0.421. The predicted octanol–water partition coefficient (Wildman–Crippen LogP) is 3.73. The van der Waals surface area contributed by atoms with E-state index in [0.717, 1.165) is 29.9 Å². The van der Waals surface area contributed by atoms with Crippen molar-refractivity contribution < 1.29 is 17.9 Å². The van der Waals surface area contributed by atoms with Gasteiger partial charge in [-0.25, -0.2) is 8.42 Å². The summed E-state index contributed by atoms with van der Waals surface area (Å²) in [7, 11) is -3.56. The largest absolute Gasteiger partial charge is 0.494 e. The molecule has 0 aliphatic carbocycles. The van der Waals surface area contributed by atoms with Crippen molar-refractivity contribution in [2.45, 2.75) is 24.0 Å². The zero-order chi connectivity index (χ0) is 20.1. The van der Waals surface area contributed by atoms with Gasteiger partial charge in [0.15, 0.2) is 0 Å². The lowest BCUT2D eigenvalue weighted by Gasteiger charge is -2.33. The number of carbonyl (C=O) groups excluding carboxylic acids is 1. The predicted molar refractivity (Wildman–Crippen MR) is 111 cm³/mol. The van der Waals surface area contributed by atoms with Gasteiger partial charge in [-0.15, -0.1) is 11.3 Å². The number of carbonyl (C=O) groups is 1. The molecule has 0 spiro atoms. The maximum absolute atomic E-state index is 12.7. The summed E-state index contributed by atoms with van der Waals surface area (Å²) < 4.78 is 33.0. The van der Waals surface area contributed by atoms with E-state index < -0.39 is 10.0 Å². The molecule has 2 aromatic rings. The second kappa shape index (κ2) is 9.26. The minimum absolute atomic E-state index is 0.101. The Hall–Kier alpha value is -1.61. The first-order valence-electron chi connectivity index (χ1n) is 9.19. The highest BCUT2D eigenvalue weighted by Gasteiger charge is 2.31. The third-order valence-corrected chi connectivity index (χ3v) is 8.13. The van der Waals surface area contributed by atoms with Gasteiger partial charge in [0.25, 0.3) is 15.9 Å². The van der Waals surface area contributed by atoms with Gasteiger partial charge in [0.1, 0.15) is 9.96 Å². The number of unbranched alkanes of at least 4 members (excludes halogenated alkanes) is 1. The van der Waals surface area contributed by atoms with Crippen molar-refractivity contribution in [3.63, 3.8) is 0 Å². The van der Waals surface area contributed by atoms with E-state index in [1.54, 1.807) is 35.2 Å². The van der Waals surface area contributed by atoms with Crippen LogP contribution in [0, 0.1) is 0 Å². The molecule has 1 amide bonds. The third kappa shape index (κ3) is 4.86. The molecule has 0 bridgehead atoms. The lowest BCUT2D eigenvalue weighted by atomic mass is 10.2. The average molecular weight is 443 g/mol. The van der Waals surface area contributed by atoms with Crippen molar-refractivity contribution in [2.75, 3.05) is 32.8 Å². The molecule has 0 atom stereocenters. The van der Waals surface area contributed by atoms with Gasteiger partial charge >= 0.3 is 0 Å². The molecule has 152 valence electrons. The molecule has 0 N–H and O–H groups in total. The fourth-order valence-electron chi connectivity index (χ4n) is 2.91. The maximum atomic E-state index is 12.7. The Morgan fingerprint density at radius 2 is 1.79 bits per heavy atom. The van der Waals surface area contributed by atoms with Gasteiger partial charge in [0.2, 0.25) is 0 Å². The molecule has 28 heavy (non-hydrogen) atoms. The van der Waals surface area contributed by atoms with E-state index in [4.69, 9.17) is 16.3 Å². The van der Waals surface area contributed by atoms with Crippen LogP contribution in [0.5, 0.6) is 5.75 Å². The first-order valence-corrected chi connectivity index (χ1v) is 11.8. The van der Waals surface area contributed by atoms with Gasteiger partial charge in [-0.05, 0) is 42.8 Å². The zero-order valence-corrected chi connectivity index (χ0v) is 18.0. The highest BCUT2D eigenvalue weighted by molar-refractivity contribution is 7.91. The smallest absolute Gasteiger partial charge is 0.253 e. The maximum Gasteiger partial charge on any atom is 0.253 e. The van der Waals surface area contributed by atoms with Gasteiger partial charge in [-0.3, -0.25) is 4.79 Å². The molecule has 0 saturated carbocycles. The molecular formula is C19H23ClN2O4S2. The topological polar surface area (TPSA) is 66.9 Å². The van der Waals surface area contributed by atoms with E-state index in [2.05, 4.69) is 6.92 Å². The molecule has 1 aliphatic heterocycles. The van der Waals surface area contributed by atoms with Crippen LogP contribution in [-0.2, 0) is 10.0 Å². The summed E-state index contributed by atoms with van der Waals surface area (Å²) in [6.07, 6.45) is 2.06. The molecule has 1 aromatic carbocycles. The van der Waals surface area contributed by atoms with Gasteiger partial charge in [-0.1, -0.05) is 24.9 Å². The SMILES string of the molecule is CCCCOc1ccc(C(=O)N2CCN(S(=O)(=O)c3ccc(Cl)s3)CC2)cc1. The molecule has 1 fully saturated rings. The van der Waals surface area contributed by atoms with Crippen LogP contribution in [0.2, 0.25) is 4.34 Å². The second-order valence-electron chi connectivity index (χ2n) is 6.48. The first kappa shape index (κ1) is 21.1. The van der Waals surface area contributed by atoms with Crippen LogP contribution in [0.1, 0.15) is 30.1 Å². The van der Waals surface area contributed by atoms with Crippen molar-refractivity contribution in [3.8, 4) is 5.75 Å². The van der Waals surface area contributed by atoms with Crippen LogP contribution < -0.4 is 4.74 Å². The van der Waals surface area contributed by atoms with Crippen LogP contribution in [-0.4, -0.2) is 56.3 Å². The van der Waals surface area contributed by atoms with Gasteiger partial charge in [0.05, 0.1) is 10.9 Å². The summed E-state index contributed by atoms with van der Waals surface area (Å²) >= 11 is 6.90. The molecule has 1 aliphatic rings. The molecule has 9 heteroatoms. The van der Waals surface area contributed by atoms with Crippen LogP contribution in [0.25, 0.3) is 0 Å². The number of amides is 1. The molecule has 2 heterocycles. The molecule has 0 radical (unpaired) electrons. The molecule has 6 nitrogen and oxygen atoms in total. The number of sulfonamides is 1. The fourth-order valence-corrected chi connectivity index (χ4v) is 5.97. The van der Waals surface area contributed by atoms with E-state index in [1.165, 1.54) is 10.4 Å². The van der Waals surface area contributed by atoms with Crippen LogP contribution in [0.3, 0.4) is 0 Å². The molecular weight excluding hydrogens is 420 g/mol. The summed E-state index contributed by atoms with van der Waals surface area (Å²) in [5, 5.41) is 0. The second-order valence-corrected chi connectivity index (χ2v) is 10.4. The van der Waals surface area contributed by atoms with Crippen LogP contribution in [0.4, 0.5) is 0 Å². The monoisotopic (exact) mass is 442 g/mol. The number of thiophene rings is 1. The quantitative estimate of drug-likeness (QED) is 0.613. The van der Waals surface area contributed by atoms with E-state index in [9.17, 15) is 13.2 Å². The summed E-state index contributed by atoms with van der Waals surface area (Å²) in [4.78, 5) is 14.4. The van der Waals surface area contributed by atoms with E-state index in [-0.39, 0.29) is 23.2 Å². The minimum atomic E-state index is -3.56. The van der Waals surface area contributed by atoms with Crippen molar-refractivity contribution in [2.24, 2.45) is 0 Å². The van der Waals surface area contributed by atoms with Crippen molar-refractivity contribution in [1.29, 1.82) is 0 Å². The summed E-state index contributed by atoms with van der Waals surface area (Å²) in [5.74, 6) is 0.645. The molecule has 1 aromatic heterocycles. The Bertz CT molecular complexity index is 904. The van der Waals surface area contributed by atoms with Gasteiger partial charge in [0, 0.05) is 31.7 Å². The lowest BCUT2D eigenvalue weighted by molar-refractivity contribution is 0.0698. The van der Waals surface area contributed by atoms with Crippen molar-refractivity contribution in [1.82, 2.24) is 9.21 Å². The van der Waals surface area contributed by atoms with E-state index >= 15 is 0 Å². The lowest BCUT2D eigenvalue weighted by Crippen LogP contribution is -2.50. The Morgan fingerprint density at radius 1 is 1.11 bits per heavy atom. The van der Waals surface area contributed by atoms with E-state index in [1.807, 2.05) is 0 Å². The van der Waals surface area contributed by atoms with Gasteiger partial charge in [-0.2, -0.15) is 4.31 Å². The van der Waals surface area contributed by atoms with Gasteiger partial charge < -0.3 is 9.64 Å².